The van der Waals surface area contributed by atoms with Gasteiger partial charge in [0.25, 0.3) is 0 Å². The Labute approximate surface area is 255 Å². The van der Waals surface area contributed by atoms with Gasteiger partial charge in [-0.2, -0.15) is 5.26 Å². The minimum absolute atomic E-state index is 0.0618. The molecule has 2 aliphatic heterocycles. The van der Waals surface area contributed by atoms with Crippen LogP contribution in [0.3, 0.4) is 0 Å². The summed E-state index contributed by atoms with van der Waals surface area (Å²) >= 11 is 0. The first-order chi connectivity index (χ1) is 22.0. The number of hydrogen-bond acceptors (Lipinski definition) is 10. The number of para-hydroxylation sites is 5. The number of nitrogens with zero attached hydrogens (tertiary/aromatic N) is 7. The maximum atomic E-state index is 15.2. The fraction of sp³-hybridized carbons (Fsp3) is 0.0909. The van der Waals surface area contributed by atoms with E-state index < -0.39 is 11.3 Å². The Morgan fingerprint density at radius 2 is 1.67 bits per heavy atom. The van der Waals surface area contributed by atoms with Crippen molar-refractivity contribution in [3.63, 3.8) is 0 Å². The first-order valence-corrected chi connectivity index (χ1v) is 14.0. The van der Waals surface area contributed by atoms with Gasteiger partial charge in [-0.3, -0.25) is 4.79 Å². The van der Waals surface area contributed by atoms with Crippen LogP contribution < -0.4 is 25.8 Å². The van der Waals surface area contributed by atoms with Gasteiger partial charge in [0.1, 0.15) is 28.5 Å². The van der Waals surface area contributed by atoms with Crippen LogP contribution in [0.1, 0.15) is 16.8 Å². The normalized spacial score (nSPS) is 17.0. The lowest BCUT2D eigenvalue weighted by Gasteiger charge is -2.35. The van der Waals surface area contributed by atoms with Crippen molar-refractivity contribution in [2.24, 2.45) is 5.73 Å². The molecular formula is C33H23N9O3. The average molecular weight is 594 g/mol. The summed E-state index contributed by atoms with van der Waals surface area (Å²) in [5.74, 6) is 0.106. The quantitative estimate of drug-likeness (QED) is 0.226. The average Bonchev–Trinajstić information content (AvgIpc) is 3.62. The molecule has 0 bridgehead atoms. The Morgan fingerprint density at radius 1 is 0.956 bits per heavy atom. The third-order valence-electron chi connectivity index (χ3n) is 8.35. The van der Waals surface area contributed by atoms with Crippen molar-refractivity contribution in [1.82, 2.24) is 25.0 Å². The van der Waals surface area contributed by atoms with Crippen LogP contribution in [-0.2, 0) is 16.8 Å². The van der Waals surface area contributed by atoms with E-state index in [9.17, 15) is 5.26 Å². The van der Waals surface area contributed by atoms with Crippen molar-refractivity contribution in [2.45, 2.75) is 12.0 Å². The molecule has 1 atom stereocenters. The summed E-state index contributed by atoms with van der Waals surface area (Å²) < 4.78 is 13.2. The van der Waals surface area contributed by atoms with E-state index in [1.807, 2.05) is 72.8 Å². The van der Waals surface area contributed by atoms with Crippen molar-refractivity contribution in [1.29, 1.82) is 5.26 Å². The predicted molar refractivity (Wildman–Crippen MR) is 165 cm³/mol. The van der Waals surface area contributed by atoms with Crippen LogP contribution in [0.25, 0.3) is 27.8 Å². The first kappa shape index (κ1) is 26.2. The third-order valence-corrected chi connectivity index (χ3v) is 8.35. The summed E-state index contributed by atoms with van der Waals surface area (Å²) in [5, 5.41) is 19.1. The van der Waals surface area contributed by atoms with Crippen LogP contribution in [0.4, 0.5) is 11.4 Å². The van der Waals surface area contributed by atoms with Gasteiger partial charge in [-0.1, -0.05) is 47.7 Å². The summed E-state index contributed by atoms with van der Waals surface area (Å²) in [6.07, 6.45) is 1.59. The summed E-state index contributed by atoms with van der Waals surface area (Å²) in [7, 11) is 1.57. The van der Waals surface area contributed by atoms with E-state index in [1.165, 1.54) is 0 Å². The highest BCUT2D eigenvalue weighted by Gasteiger charge is 2.60. The fourth-order valence-electron chi connectivity index (χ4n) is 6.46. The lowest BCUT2D eigenvalue weighted by Crippen LogP contribution is -2.46. The molecule has 218 valence electrons. The molecule has 12 heteroatoms. The van der Waals surface area contributed by atoms with E-state index in [4.69, 9.17) is 30.9 Å². The van der Waals surface area contributed by atoms with Crippen molar-refractivity contribution in [3.8, 4) is 23.3 Å². The van der Waals surface area contributed by atoms with Crippen LogP contribution in [0.15, 0.2) is 96.5 Å². The number of fused-ring (bicyclic) bond motifs is 7. The molecule has 0 saturated carbocycles. The smallest absolute Gasteiger partial charge is 0.248 e. The maximum Gasteiger partial charge on any atom is 0.248 e. The summed E-state index contributed by atoms with van der Waals surface area (Å²) in [6, 6.07) is 25.9. The molecule has 1 spiro atoms. The molecule has 0 fully saturated rings. The molecule has 1 amide bonds. The standard InChI is InChI=1S/C33H23N9O3/c1-44-27-13-7-6-12-26(27)42-18(16-37-40-42)17-41-25-11-5-2-8-19(25)33(32(41)43)20(15-34)31(36)45-30-21(35)14-24-29(28(30)33)39-23-10-4-3-9-22(23)38-24/h2-14,16H,17,35-36H2,1H3. The number of amides is 1. The molecule has 2 aromatic heterocycles. The number of aromatic nitrogens is 5. The lowest BCUT2D eigenvalue weighted by atomic mass is 9.68. The molecule has 4 N–H and O–H groups in total. The zero-order valence-corrected chi connectivity index (χ0v) is 23.8. The largest absolute Gasteiger partial charge is 0.494 e. The molecule has 2 aliphatic rings. The highest BCUT2D eigenvalue weighted by Crippen LogP contribution is 2.58. The molecule has 4 aromatic carbocycles. The molecule has 0 saturated heterocycles. The number of methoxy groups -OCH3 is 1. The van der Waals surface area contributed by atoms with Gasteiger partial charge in [0.15, 0.2) is 5.75 Å². The molecule has 4 heterocycles. The fourth-order valence-corrected chi connectivity index (χ4v) is 6.46. The topological polar surface area (TPSA) is 171 Å². The number of nitrogens with two attached hydrogens (primary N) is 2. The van der Waals surface area contributed by atoms with E-state index in [2.05, 4.69) is 16.4 Å². The number of rotatable bonds is 4. The second-order valence-corrected chi connectivity index (χ2v) is 10.7. The number of carbonyl (C=O) groups is 1. The first-order valence-electron chi connectivity index (χ1n) is 14.0. The monoisotopic (exact) mass is 593 g/mol. The minimum atomic E-state index is -1.73. The van der Waals surface area contributed by atoms with Crippen LogP contribution in [0, 0.1) is 11.3 Å². The Kier molecular flexibility index (Phi) is 5.53. The second kappa shape index (κ2) is 9.51. The molecule has 8 rings (SSSR count). The minimum Gasteiger partial charge on any atom is -0.494 e. The number of nitriles is 1. The van der Waals surface area contributed by atoms with Gasteiger partial charge < -0.3 is 25.8 Å². The van der Waals surface area contributed by atoms with Gasteiger partial charge in [-0.05, 0) is 36.4 Å². The molecule has 0 aliphatic carbocycles. The molecule has 45 heavy (non-hydrogen) atoms. The Balaban J connectivity index is 1.40. The van der Waals surface area contributed by atoms with Crippen LogP contribution in [0.2, 0.25) is 0 Å². The number of carbonyl (C=O) groups excluding carboxylic acids is 1. The van der Waals surface area contributed by atoms with Crippen LogP contribution in [-0.4, -0.2) is 38.0 Å². The number of benzene rings is 4. The Bertz CT molecular complexity index is 2310. The van der Waals surface area contributed by atoms with Crippen molar-refractivity contribution in [3.05, 3.63) is 113 Å². The Hall–Kier alpha value is -6.48. The van der Waals surface area contributed by atoms with Gasteiger partial charge in [0.05, 0.1) is 58.9 Å². The lowest BCUT2D eigenvalue weighted by molar-refractivity contribution is -0.121. The predicted octanol–water partition coefficient (Wildman–Crippen LogP) is 3.87. The Morgan fingerprint density at radius 3 is 2.44 bits per heavy atom. The molecule has 1 unspecified atom stereocenters. The van der Waals surface area contributed by atoms with E-state index in [0.717, 1.165) is 0 Å². The molecule has 6 aromatic rings. The zero-order valence-electron chi connectivity index (χ0n) is 23.8. The number of hydrogen-bond donors (Lipinski definition) is 2. The number of nitrogen functional groups attached to an aromatic ring is 1. The van der Waals surface area contributed by atoms with Gasteiger partial charge in [0, 0.05) is 11.3 Å². The van der Waals surface area contributed by atoms with Gasteiger partial charge >= 0.3 is 0 Å². The van der Waals surface area contributed by atoms with Crippen LogP contribution >= 0.6 is 0 Å². The van der Waals surface area contributed by atoms with Crippen molar-refractivity contribution < 1.29 is 14.3 Å². The van der Waals surface area contributed by atoms with E-state index >= 15 is 4.79 Å². The van der Waals surface area contributed by atoms with Crippen LogP contribution in [0.5, 0.6) is 11.5 Å². The third kappa shape index (κ3) is 3.49. The SMILES string of the molecule is COc1ccccc1-n1nncc1CN1C(=O)C2(C(C#N)=C(N)Oc3c(N)cc4nc5ccccc5nc4c32)c2ccccc21. The summed E-state index contributed by atoms with van der Waals surface area (Å²) in [6.45, 7) is 0.0618. The van der Waals surface area contributed by atoms with E-state index in [-0.39, 0.29) is 29.4 Å². The van der Waals surface area contributed by atoms with Crippen molar-refractivity contribution in [2.75, 3.05) is 17.7 Å². The highest BCUT2D eigenvalue weighted by molar-refractivity contribution is 6.16. The number of anilines is 2. The molecular weight excluding hydrogens is 570 g/mol. The second-order valence-electron chi connectivity index (χ2n) is 10.7. The van der Waals surface area contributed by atoms with E-state index in [0.29, 0.717) is 56.0 Å². The summed E-state index contributed by atoms with van der Waals surface area (Å²) in [4.78, 5) is 26.6. The highest BCUT2D eigenvalue weighted by atomic mass is 16.5. The number of ether oxygens (including phenoxy) is 2. The summed E-state index contributed by atoms with van der Waals surface area (Å²) in [5.41, 5.74) is 16.2. The van der Waals surface area contributed by atoms with Crippen molar-refractivity contribution >= 4 is 39.3 Å². The zero-order chi connectivity index (χ0) is 30.9. The van der Waals surface area contributed by atoms with Gasteiger partial charge in [-0.15, -0.1) is 5.10 Å². The van der Waals surface area contributed by atoms with Gasteiger partial charge in [0.2, 0.25) is 11.8 Å². The maximum absolute atomic E-state index is 15.2. The van der Waals surface area contributed by atoms with E-state index in [1.54, 1.807) is 29.0 Å². The molecule has 0 radical (unpaired) electrons. The van der Waals surface area contributed by atoms with Gasteiger partial charge in [-0.25, -0.2) is 14.6 Å². The molecule has 12 nitrogen and oxygen atoms in total.